The van der Waals surface area contributed by atoms with Crippen molar-refractivity contribution in [1.29, 1.82) is 0 Å². The van der Waals surface area contributed by atoms with E-state index < -0.39 is 0 Å². The van der Waals surface area contributed by atoms with Crippen molar-refractivity contribution >= 4 is 11.7 Å². The topological polar surface area (TPSA) is 67.2 Å². The van der Waals surface area contributed by atoms with Crippen LogP contribution in [-0.2, 0) is 4.79 Å². The monoisotopic (exact) mass is 235 g/mol. The summed E-state index contributed by atoms with van der Waals surface area (Å²) in [5.74, 6) is 1.07. The highest BCUT2D eigenvalue weighted by molar-refractivity contribution is 5.89. The van der Waals surface area contributed by atoms with Gasteiger partial charge in [0.1, 0.15) is 6.26 Å². The van der Waals surface area contributed by atoms with Crippen molar-refractivity contribution in [3.05, 3.63) is 12.3 Å². The number of fused-ring (bicyclic) bond motifs is 2. The Morgan fingerprint density at radius 1 is 1.47 bits per heavy atom. The Bertz CT molecular complexity index is 378. The maximum atomic E-state index is 11.8. The first-order valence-corrected chi connectivity index (χ1v) is 6.26. The summed E-state index contributed by atoms with van der Waals surface area (Å²) in [6.45, 7) is 0. The summed E-state index contributed by atoms with van der Waals surface area (Å²) in [4.78, 5) is 11.8. The van der Waals surface area contributed by atoms with E-state index in [1.54, 1.807) is 6.07 Å². The minimum atomic E-state index is 0.0465. The number of anilines is 1. The SMILES string of the molecule is O=C(CC1CC2CCC(C1)N2)Nc1ccon1. The van der Waals surface area contributed by atoms with Gasteiger partial charge in [0.2, 0.25) is 5.91 Å². The van der Waals surface area contributed by atoms with E-state index in [2.05, 4.69) is 20.3 Å². The van der Waals surface area contributed by atoms with Crippen LogP contribution in [0.25, 0.3) is 0 Å². The van der Waals surface area contributed by atoms with Crippen LogP contribution in [0.1, 0.15) is 32.1 Å². The number of aromatic nitrogens is 1. The molecule has 92 valence electrons. The maximum Gasteiger partial charge on any atom is 0.225 e. The first-order valence-electron chi connectivity index (χ1n) is 6.26. The van der Waals surface area contributed by atoms with Crippen molar-refractivity contribution in [3.8, 4) is 0 Å². The molecule has 2 unspecified atom stereocenters. The van der Waals surface area contributed by atoms with Gasteiger partial charge in [0.05, 0.1) is 0 Å². The van der Waals surface area contributed by atoms with Crippen LogP contribution in [0.3, 0.4) is 0 Å². The Kier molecular flexibility index (Phi) is 2.84. The van der Waals surface area contributed by atoms with E-state index in [1.165, 1.54) is 19.1 Å². The fraction of sp³-hybridized carbons (Fsp3) is 0.667. The molecule has 0 spiro atoms. The van der Waals surface area contributed by atoms with Gasteiger partial charge in [0, 0.05) is 24.6 Å². The number of nitrogens with one attached hydrogen (secondary N) is 2. The summed E-state index contributed by atoms with van der Waals surface area (Å²) in [5, 5.41) is 10.0. The van der Waals surface area contributed by atoms with Gasteiger partial charge in [-0.3, -0.25) is 4.79 Å². The van der Waals surface area contributed by atoms with E-state index in [0.717, 1.165) is 12.8 Å². The first-order chi connectivity index (χ1) is 8.29. The average Bonchev–Trinajstić information content (AvgIpc) is 2.89. The Hall–Kier alpha value is -1.36. The predicted octanol–water partition coefficient (Wildman–Crippen LogP) is 1.53. The Balaban J connectivity index is 1.51. The molecule has 1 amide bonds. The first kappa shape index (κ1) is 10.8. The van der Waals surface area contributed by atoms with Crippen LogP contribution >= 0.6 is 0 Å². The molecule has 0 aliphatic carbocycles. The molecular formula is C12H17N3O2. The molecule has 0 aromatic carbocycles. The number of hydrogen-bond acceptors (Lipinski definition) is 4. The molecule has 1 aromatic heterocycles. The molecule has 2 fully saturated rings. The zero-order valence-electron chi connectivity index (χ0n) is 9.69. The summed E-state index contributed by atoms with van der Waals surface area (Å²) in [5.41, 5.74) is 0. The number of piperidine rings is 1. The van der Waals surface area contributed by atoms with Gasteiger partial charge in [0.25, 0.3) is 0 Å². The minimum Gasteiger partial charge on any atom is -0.363 e. The van der Waals surface area contributed by atoms with Crippen molar-refractivity contribution in [2.45, 2.75) is 44.2 Å². The molecule has 2 bridgehead atoms. The Morgan fingerprint density at radius 3 is 2.88 bits per heavy atom. The number of carbonyl (C=O) groups excluding carboxylic acids is 1. The highest BCUT2D eigenvalue weighted by Crippen LogP contribution is 2.32. The number of nitrogens with zero attached hydrogens (tertiary/aromatic N) is 1. The lowest BCUT2D eigenvalue weighted by molar-refractivity contribution is -0.117. The number of amides is 1. The largest absolute Gasteiger partial charge is 0.363 e. The molecular weight excluding hydrogens is 218 g/mol. The summed E-state index contributed by atoms with van der Waals surface area (Å²) in [6, 6.07) is 2.93. The average molecular weight is 235 g/mol. The van der Waals surface area contributed by atoms with Gasteiger partial charge in [-0.05, 0) is 31.6 Å². The van der Waals surface area contributed by atoms with Crippen molar-refractivity contribution in [3.63, 3.8) is 0 Å². The van der Waals surface area contributed by atoms with Gasteiger partial charge >= 0.3 is 0 Å². The van der Waals surface area contributed by atoms with Crippen LogP contribution in [0.15, 0.2) is 16.9 Å². The second-order valence-electron chi connectivity index (χ2n) is 5.11. The van der Waals surface area contributed by atoms with Gasteiger partial charge in [-0.25, -0.2) is 0 Å². The number of rotatable bonds is 3. The van der Waals surface area contributed by atoms with Crippen LogP contribution < -0.4 is 10.6 Å². The standard InChI is InChI=1S/C12H17N3O2/c16-12(14-11-3-4-17-15-11)7-8-5-9-1-2-10(6-8)13-9/h3-4,8-10,13H,1-2,5-7H2,(H,14,15,16). The quantitative estimate of drug-likeness (QED) is 0.833. The second-order valence-corrected chi connectivity index (χ2v) is 5.11. The predicted molar refractivity (Wildman–Crippen MR) is 62.4 cm³/mol. The molecule has 2 saturated heterocycles. The minimum absolute atomic E-state index is 0.0465. The zero-order valence-corrected chi connectivity index (χ0v) is 9.69. The van der Waals surface area contributed by atoms with Gasteiger partial charge < -0.3 is 15.2 Å². The van der Waals surface area contributed by atoms with E-state index in [9.17, 15) is 4.79 Å². The van der Waals surface area contributed by atoms with Gasteiger partial charge in [-0.1, -0.05) is 5.16 Å². The van der Waals surface area contributed by atoms with Crippen LogP contribution in [0.2, 0.25) is 0 Å². The molecule has 0 radical (unpaired) electrons. The third kappa shape index (κ3) is 2.49. The molecule has 17 heavy (non-hydrogen) atoms. The Labute approximate surface area is 99.9 Å². The molecule has 2 aliphatic heterocycles. The lowest BCUT2D eigenvalue weighted by Gasteiger charge is -2.28. The fourth-order valence-corrected chi connectivity index (χ4v) is 3.07. The smallest absolute Gasteiger partial charge is 0.225 e. The molecule has 2 atom stereocenters. The van der Waals surface area contributed by atoms with Gasteiger partial charge in [0.15, 0.2) is 5.82 Å². The van der Waals surface area contributed by atoms with Crippen LogP contribution in [0.5, 0.6) is 0 Å². The number of hydrogen-bond donors (Lipinski definition) is 2. The Morgan fingerprint density at radius 2 is 2.24 bits per heavy atom. The van der Waals surface area contributed by atoms with E-state index in [0.29, 0.717) is 30.2 Å². The number of carbonyl (C=O) groups is 1. The molecule has 1 aromatic rings. The third-order valence-corrected chi connectivity index (χ3v) is 3.75. The van der Waals surface area contributed by atoms with E-state index >= 15 is 0 Å². The fourth-order valence-electron chi connectivity index (χ4n) is 3.07. The van der Waals surface area contributed by atoms with E-state index in [-0.39, 0.29) is 5.91 Å². The molecule has 3 rings (SSSR count). The molecule has 5 nitrogen and oxygen atoms in total. The van der Waals surface area contributed by atoms with E-state index in [4.69, 9.17) is 0 Å². The molecule has 0 saturated carbocycles. The lowest BCUT2D eigenvalue weighted by atomic mass is 9.89. The highest BCUT2D eigenvalue weighted by atomic mass is 16.5. The van der Waals surface area contributed by atoms with Crippen molar-refractivity contribution in [2.24, 2.45) is 5.92 Å². The molecule has 5 heteroatoms. The van der Waals surface area contributed by atoms with Gasteiger partial charge in [-0.2, -0.15) is 0 Å². The summed E-state index contributed by atoms with van der Waals surface area (Å²) in [7, 11) is 0. The van der Waals surface area contributed by atoms with Gasteiger partial charge in [-0.15, -0.1) is 0 Å². The third-order valence-electron chi connectivity index (χ3n) is 3.75. The lowest BCUT2D eigenvalue weighted by Crippen LogP contribution is -2.39. The maximum absolute atomic E-state index is 11.8. The van der Waals surface area contributed by atoms with Crippen LogP contribution in [-0.4, -0.2) is 23.1 Å². The normalized spacial score (nSPS) is 31.4. The van der Waals surface area contributed by atoms with Crippen molar-refractivity contribution in [1.82, 2.24) is 10.5 Å². The van der Waals surface area contributed by atoms with Crippen LogP contribution in [0.4, 0.5) is 5.82 Å². The molecule has 2 N–H and O–H groups in total. The molecule has 2 aliphatic rings. The highest BCUT2D eigenvalue weighted by Gasteiger charge is 2.34. The summed E-state index contributed by atoms with van der Waals surface area (Å²) in [6.07, 6.45) is 6.85. The summed E-state index contributed by atoms with van der Waals surface area (Å²) < 4.78 is 4.67. The van der Waals surface area contributed by atoms with Crippen LogP contribution in [0, 0.1) is 5.92 Å². The summed E-state index contributed by atoms with van der Waals surface area (Å²) >= 11 is 0. The molecule has 3 heterocycles. The zero-order chi connectivity index (χ0) is 11.7. The second kappa shape index (κ2) is 4.49. The van der Waals surface area contributed by atoms with E-state index in [1.807, 2.05) is 0 Å². The van der Waals surface area contributed by atoms with Crippen molar-refractivity contribution < 1.29 is 9.32 Å². The van der Waals surface area contributed by atoms with Crippen molar-refractivity contribution in [2.75, 3.05) is 5.32 Å².